The van der Waals surface area contributed by atoms with Crippen molar-refractivity contribution in [2.24, 2.45) is 0 Å². The minimum atomic E-state index is -1.13. The summed E-state index contributed by atoms with van der Waals surface area (Å²) in [6, 6.07) is 15.2. The van der Waals surface area contributed by atoms with Crippen LogP contribution in [-0.4, -0.2) is 29.0 Å². The highest BCUT2D eigenvalue weighted by Crippen LogP contribution is 2.19. The summed E-state index contributed by atoms with van der Waals surface area (Å²) >= 11 is 0. The highest BCUT2D eigenvalue weighted by atomic mass is 16.5. The number of ether oxygens (including phenoxy) is 1. The number of esters is 1. The van der Waals surface area contributed by atoms with Gasteiger partial charge in [0, 0.05) is 22.8 Å². The molecule has 7 heteroatoms. The first-order valence-electron chi connectivity index (χ1n) is 7.98. The van der Waals surface area contributed by atoms with Gasteiger partial charge in [-0.05, 0) is 25.1 Å². The number of urea groups is 1. The zero-order valence-corrected chi connectivity index (χ0v) is 14.0. The average molecular weight is 351 g/mol. The molecule has 0 aliphatic carbocycles. The van der Waals surface area contributed by atoms with E-state index >= 15 is 0 Å². The molecule has 0 saturated heterocycles. The molecule has 26 heavy (non-hydrogen) atoms. The van der Waals surface area contributed by atoms with Crippen molar-refractivity contribution in [2.45, 2.75) is 13.0 Å². The number of carbonyl (C=O) groups excluding carboxylic acids is 3. The van der Waals surface area contributed by atoms with E-state index < -0.39 is 24.0 Å². The van der Waals surface area contributed by atoms with E-state index in [9.17, 15) is 14.4 Å². The number of imide groups is 1. The van der Waals surface area contributed by atoms with Crippen LogP contribution >= 0.6 is 0 Å². The Morgan fingerprint density at radius 2 is 1.69 bits per heavy atom. The van der Waals surface area contributed by atoms with Crippen LogP contribution in [0.3, 0.4) is 0 Å². The molecule has 2 aromatic carbocycles. The molecule has 1 aromatic heterocycles. The average Bonchev–Trinajstić information content (AvgIpc) is 3.06. The van der Waals surface area contributed by atoms with Gasteiger partial charge in [0.05, 0.1) is 5.56 Å². The Morgan fingerprint density at radius 3 is 2.46 bits per heavy atom. The van der Waals surface area contributed by atoms with E-state index in [1.807, 2.05) is 12.1 Å². The molecule has 132 valence electrons. The van der Waals surface area contributed by atoms with Gasteiger partial charge < -0.3 is 15.0 Å². The monoisotopic (exact) mass is 351 g/mol. The smallest absolute Gasteiger partial charge is 0.341 e. The van der Waals surface area contributed by atoms with Gasteiger partial charge in [0.1, 0.15) is 0 Å². The van der Waals surface area contributed by atoms with Crippen molar-refractivity contribution >= 4 is 34.5 Å². The topological polar surface area (TPSA) is 100 Å². The maximum atomic E-state index is 12.3. The Hall–Kier alpha value is -3.61. The van der Waals surface area contributed by atoms with Crippen LogP contribution in [0.5, 0.6) is 0 Å². The zero-order chi connectivity index (χ0) is 18.5. The molecular formula is C19H17N3O4. The normalized spacial score (nSPS) is 11.6. The summed E-state index contributed by atoms with van der Waals surface area (Å²) in [5, 5.41) is 5.36. The third-order valence-electron chi connectivity index (χ3n) is 3.73. The summed E-state index contributed by atoms with van der Waals surface area (Å²) in [6.07, 6.45) is 0.400. The molecule has 1 unspecified atom stereocenters. The van der Waals surface area contributed by atoms with Crippen molar-refractivity contribution in [2.75, 3.05) is 5.32 Å². The van der Waals surface area contributed by atoms with E-state index in [2.05, 4.69) is 15.6 Å². The van der Waals surface area contributed by atoms with Crippen molar-refractivity contribution in [3.8, 4) is 0 Å². The molecule has 0 saturated carbocycles. The summed E-state index contributed by atoms with van der Waals surface area (Å²) in [5.41, 5.74) is 1.66. The van der Waals surface area contributed by atoms with Gasteiger partial charge in [0.25, 0.3) is 5.91 Å². The predicted molar refractivity (Wildman–Crippen MR) is 96.8 cm³/mol. The van der Waals surface area contributed by atoms with Crippen LogP contribution in [-0.2, 0) is 9.53 Å². The number of aromatic amines is 1. The van der Waals surface area contributed by atoms with Crippen LogP contribution < -0.4 is 10.6 Å². The number of fused-ring (bicyclic) bond motifs is 1. The zero-order valence-electron chi connectivity index (χ0n) is 14.0. The lowest BCUT2D eigenvalue weighted by molar-refractivity contribution is -0.127. The summed E-state index contributed by atoms with van der Waals surface area (Å²) in [6.45, 7) is 1.40. The number of para-hydroxylation sites is 2. The molecule has 3 N–H and O–H groups in total. The molecule has 1 atom stereocenters. The van der Waals surface area contributed by atoms with Crippen LogP contribution in [0.2, 0.25) is 0 Å². The molecule has 3 rings (SSSR count). The summed E-state index contributed by atoms with van der Waals surface area (Å²) < 4.78 is 5.16. The molecular weight excluding hydrogens is 334 g/mol. The number of hydrogen-bond acceptors (Lipinski definition) is 4. The predicted octanol–water partition coefficient (Wildman–Crippen LogP) is 3.06. The number of nitrogens with one attached hydrogen (secondary N) is 3. The Balaban J connectivity index is 1.58. The second-order valence-corrected chi connectivity index (χ2v) is 5.60. The van der Waals surface area contributed by atoms with E-state index in [0.29, 0.717) is 16.6 Å². The number of amides is 3. The number of carbonyl (C=O) groups is 3. The van der Waals surface area contributed by atoms with Crippen LogP contribution in [0.1, 0.15) is 17.3 Å². The van der Waals surface area contributed by atoms with E-state index in [-0.39, 0.29) is 0 Å². The fourth-order valence-electron chi connectivity index (χ4n) is 2.42. The second kappa shape index (κ2) is 7.52. The first-order chi connectivity index (χ1) is 12.5. The van der Waals surface area contributed by atoms with Gasteiger partial charge >= 0.3 is 12.0 Å². The molecule has 0 fully saturated rings. The van der Waals surface area contributed by atoms with Crippen molar-refractivity contribution in [3.05, 3.63) is 66.4 Å². The fourth-order valence-corrected chi connectivity index (χ4v) is 2.42. The quantitative estimate of drug-likeness (QED) is 0.629. The number of aromatic nitrogens is 1. The van der Waals surface area contributed by atoms with Gasteiger partial charge in [-0.1, -0.05) is 36.4 Å². The molecule has 3 amide bonds. The van der Waals surface area contributed by atoms with Crippen molar-refractivity contribution < 1.29 is 19.1 Å². The number of benzene rings is 2. The maximum Gasteiger partial charge on any atom is 0.341 e. The minimum Gasteiger partial charge on any atom is -0.449 e. The van der Waals surface area contributed by atoms with Gasteiger partial charge in [0.2, 0.25) is 0 Å². The van der Waals surface area contributed by atoms with Crippen LogP contribution in [0, 0.1) is 0 Å². The number of anilines is 1. The summed E-state index contributed by atoms with van der Waals surface area (Å²) in [5.74, 6) is -1.36. The molecule has 0 radical (unpaired) electrons. The number of H-pyrrole nitrogens is 1. The Bertz CT molecular complexity index is 950. The summed E-state index contributed by atoms with van der Waals surface area (Å²) in [4.78, 5) is 39.1. The van der Waals surface area contributed by atoms with Gasteiger partial charge in [-0.2, -0.15) is 0 Å². The molecule has 0 bridgehead atoms. The van der Waals surface area contributed by atoms with Gasteiger partial charge in [0.15, 0.2) is 6.10 Å². The lowest BCUT2D eigenvalue weighted by atomic mass is 10.2. The first kappa shape index (κ1) is 17.2. The third-order valence-corrected chi connectivity index (χ3v) is 3.73. The van der Waals surface area contributed by atoms with Crippen molar-refractivity contribution in [1.82, 2.24) is 10.3 Å². The van der Waals surface area contributed by atoms with Crippen molar-refractivity contribution in [1.29, 1.82) is 0 Å². The van der Waals surface area contributed by atoms with Crippen molar-refractivity contribution in [3.63, 3.8) is 0 Å². The molecule has 7 nitrogen and oxygen atoms in total. The lowest BCUT2D eigenvalue weighted by Crippen LogP contribution is -2.41. The minimum absolute atomic E-state index is 0.328. The SMILES string of the molecule is CC(OC(=O)c1c[nH]c2ccccc12)C(=O)NC(=O)Nc1ccccc1. The third kappa shape index (κ3) is 3.89. The van der Waals surface area contributed by atoms with Crippen LogP contribution in [0.4, 0.5) is 10.5 Å². The Kier molecular flexibility index (Phi) is 4.98. The molecule has 0 spiro atoms. The van der Waals surface area contributed by atoms with E-state index in [4.69, 9.17) is 4.74 Å². The fraction of sp³-hybridized carbons (Fsp3) is 0.105. The molecule has 1 heterocycles. The number of rotatable bonds is 4. The van der Waals surface area contributed by atoms with E-state index in [1.165, 1.54) is 13.1 Å². The Labute approximate surface area is 149 Å². The highest BCUT2D eigenvalue weighted by Gasteiger charge is 2.22. The largest absolute Gasteiger partial charge is 0.449 e. The standard InChI is InChI=1S/C19H17N3O4/c1-12(17(23)22-19(25)21-13-7-3-2-4-8-13)26-18(24)15-11-20-16-10-6-5-9-14(15)16/h2-12,20H,1H3,(H2,21,22,23,25). The summed E-state index contributed by atoms with van der Waals surface area (Å²) in [7, 11) is 0. The second-order valence-electron chi connectivity index (χ2n) is 5.60. The lowest BCUT2D eigenvalue weighted by Gasteiger charge is -2.13. The molecule has 0 aliphatic heterocycles. The molecule has 0 aliphatic rings. The van der Waals surface area contributed by atoms with Gasteiger partial charge in [-0.25, -0.2) is 9.59 Å². The number of hydrogen-bond donors (Lipinski definition) is 3. The van der Waals surface area contributed by atoms with Crippen LogP contribution in [0.25, 0.3) is 10.9 Å². The van der Waals surface area contributed by atoms with Gasteiger partial charge in [-0.3, -0.25) is 10.1 Å². The highest BCUT2D eigenvalue weighted by molar-refractivity contribution is 6.06. The molecule has 3 aromatic rings. The van der Waals surface area contributed by atoms with E-state index in [1.54, 1.807) is 42.5 Å². The van der Waals surface area contributed by atoms with Gasteiger partial charge in [-0.15, -0.1) is 0 Å². The Morgan fingerprint density at radius 1 is 1.00 bits per heavy atom. The van der Waals surface area contributed by atoms with Crippen LogP contribution in [0.15, 0.2) is 60.8 Å². The maximum absolute atomic E-state index is 12.3. The first-order valence-corrected chi connectivity index (χ1v) is 7.98. The van der Waals surface area contributed by atoms with E-state index in [0.717, 1.165) is 5.52 Å².